The molecule has 0 saturated carbocycles. The van der Waals surface area contributed by atoms with Crippen molar-refractivity contribution in [2.75, 3.05) is 25.1 Å². The van der Waals surface area contributed by atoms with Gasteiger partial charge in [-0.1, -0.05) is 49.0 Å². The van der Waals surface area contributed by atoms with Crippen LogP contribution in [0.25, 0.3) is 0 Å². The summed E-state index contributed by atoms with van der Waals surface area (Å²) >= 11 is 3.36. The molecule has 1 unspecified atom stereocenters. The van der Waals surface area contributed by atoms with Gasteiger partial charge in [-0.15, -0.1) is 0 Å². The minimum Gasteiger partial charge on any atom is -0.381 e. The third-order valence-electron chi connectivity index (χ3n) is 3.75. The van der Waals surface area contributed by atoms with Gasteiger partial charge in [-0.25, -0.2) is 4.79 Å². The number of amides is 2. The summed E-state index contributed by atoms with van der Waals surface area (Å²) in [6, 6.07) is 7.32. The van der Waals surface area contributed by atoms with Crippen LogP contribution in [0.5, 0.6) is 0 Å². The number of hydrogen-bond acceptors (Lipinski definition) is 2. The minimum absolute atomic E-state index is 0.179. The second-order valence-corrected chi connectivity index (χ2v) is 6.65. The van der Waals surface area contributed by atoms with Gasteiger partial charge in [0.25, 0.3) is 0 Å². The van der Waals surface area contributed by atoms with Crippen LogP contribution in [-0.4, -0.2) is 25.8 Å². The van der Waals surface area contributed by atoms with Gasteiger partial charge in [0.1, 0.15) is 0 Å². The molecular weight excluding hydrogens is 356 g/mol. The van der Waals surface area contributed by atoms with Crippen molar-refractivity contribution in [2.24, 2.45) is 5.92 Å². The lowest BCUT2D eigenvalue weighted by Crippen LogP contribution is -2.30. The van der Waals surface area contributed by atoms with Crippen LogP contribution in [0.2, 0.25) is 0 Å². The normalized spacial score (nSPS) is 12.0. The van der Waals surface area contributed by atoms with E-state index < -0.39 is 0 Å². The van der Waals surface area contributed by atoms with Gasteiger partial charge in [-0.05, 0) is 43.0 Å². The zero-order chi connectivity index (χ0) is 16.9. The fourth-order valence-corrected chi connectivity index (χ4v) is 2.50. The number of ether oxygens (including phenoxy) is 1. The van der Waals surface area contributed by atoms with E-state index in [2.05, 4.69) is 40.4 Å². The molecule has 0 radical (unpaired) electrons. The Balaban J connectivity index is 2.05. The Hall–Kier alpha value is -1.07. The van der Waals surface area contributed by atoms with Crippen LogP contribution in [0.15, 0.2) is 28.7 Å². The number of urea groups is 1. The largest absolute Gasteiger partial charge is 0.381 e. The maximum atomic E-state index is 11.7. The molecule has 2 amide bonds. The zero-order valence-electron chi connectivity index (χ0n) is 14.2. The second-order valence-electron chi connectivity index (χ2n) is 5.73. The molecule has 0 aliphatic carbocycles. The predicted octanol–water partition coefficient (Wildman–Crippen LogP) is 5.19. The molecule has 0 bridgehead atoms. The molecule has 0 aromatic heterocycles. The van der Waals surface area contributed by atoms with E-state index in [9.17, 15) is 4.79 Å². The summed E-state index contributed by atoms with van der Waals surface area (Å²) in [6.07, 6.45) is 5.78. The molecule has 0 heterocycles. The lowest BCUT2D eigenvalue weighted by atomic mass is 10.0. The van der Waals surface area contributed by atoms with Gasteiger partial charge in [-0.2, -0.15) is 0 Å². The first kappa shape index (κ1) is 20.0. The first-order valence-electron chi connectivity index (χ1n) is 8.53. The summed E-state index contributed by atoms with van der Waals surface area (Å²) in [4.78, 5) is 11.7. The third-order valence-corrected chi connectivity index (χ3v) is 4.28. The van der Waals surface area contributed by atoms with Crippen LogP contribution in [0.4, 0.5) is 10.5 Å². The lowest BCUT2D eigenvalue weighted by Gasteiger charge is -2.14. The van der Waals surface area contributed by atoms with Gasteiger partial charge in [-0.3, -0.25) is 0 Å². The standard InChI is InChI=1S/C18H29BrN2O2/c1-3-5-7-15(4-2)14-23-13-6-12-20-18(22)21-17-10-8-16(19)9-11-17/h8-11,15H,3-7,12-14H2,1-2H3,(H2,20,21,22). The number of carbonyl (C=O) groups excluding carboxylic acids is 1. The maximum absolute atomic E-state index is 11.7. The van der Waals surface area contributed by atoms with E-state index in [4.69, 9.17) is 4.74 Å². The van der Waals surface area contributed by atoms with Crippen molar-refractivity contribution in [1.29, 1.82) is 0 Å². The molecule has 130 valence electrons. The molecule has 0 spiro atoms. The third kappa shape index (κ3) is 9.61. The number of nitrogens with one attached hydrogen (secondary N) is 2. The quantitative estimate of drug-likeness (QED) is 0.515. The van der Waals surface area contributed by atoms with Crippen LogP contribution in [0, 0.1) is 5.92 Å². The first-order valence-corrected chi connectivity index (χ1v) is 9.33. The lowest BCUT2D eigenvalue weighted by molar-refractivity contribution is 0.0925. The molecule has 1 atom stereocenters. The van der Waals surface area contributed by atoms with Crippen LogP contribution in [-0.2, 0) is 4.74 Å². The summed E-state index contributed by atoms with van der Waals surface area (Å²) in [5.74, 6) is 0.670. The monoisotopic (exact) mass is 384 g/mol. The number of rotatable bonds is 11. The number of unbranched alkanes of at least 4 members (excludes halogenated alkanes) is 1. The molecule has 4 nitrogen and oxygen atoms in total. The number of benzene rings is 1. The highest BCUT2D eigenvalue weighted by Gasteiger charge is 2.06. The second kappa shape index (κ2) is 12.4. The van der Waals surface area contributed by atoms with Crippen LogP contribution < -0.4 is 10.6 Å². The molecule has 1 aromatic rings. The van der Waals surface area contributed by atoms with Crippen molar-refractivity contribution in [1.82, 2.24) is 5.32 Å². The summed E-state index contributed by atoms with van der Waals surface area (Å²) in [5.41, 5.74) is 0.781. The molecule has 1 rings (SSSR count). The summed E-state index contributed by atoms with van der Waals surface area (Å²) in [5, 5.41) is 5.64. The van der Waals surface area contributed by atoms with Crippen molar-refractivity contribution >= 4 is 27.6 Å². The smallest absolute Gasteiger partial charge is 0.319 e. The molecule has 0 aliphatic rings. The van der Waals surface area contributed by atoms with Gasteiger partial charge in [0.15, 0.2) is 0 Å². The van der Waals surface area contributed by atoms with E-state index in [1.54, 1.807) is 0 Å². The van der Waals surface area contributed by atoms with Crippen LogP contribution >= 0.6 is 15.9 Å². The highest BCUT2D eigenvalue weighted by molar-refractivity contribution is 9.10. The molecule has 0 aliphatic heterocycles. The van der Waals surface area contributed by atoms with Crippen molar-refractivity contribution in [2.45, 2.75) is 46.0 Å². The van der Waals surface area contributed by atoms with Gasteiger partial charge in [0, 0.05) is 29.9 Å². The summed E-state index contributed by atoms with van der Waals surface area (Å²) in [7, 11) is 0. The highest BCUT2D eigenvalue weighted by atomic mass is 79.9. The van der Waals surface area contributed by atoms with E-state index in [1.807, 2.05) is 24.3 Å². The van der Waals surface area contributed by atoms with Crippen LogP contribution in [0.3, 0.4) is 0 Å². The number of anilines is 1. The van der Waals surface area contributed by atoms with E-state index in [0.29, 0.717) is 19.1 Å². The first-order chi connectivity index (χ1) is 11.2. The minimum atomic E-state index is -0.179. The van der Waals surface area contributed by atoms with Crippen molar-refractivity contribution in [3.63, 3.8) is 0 Å². The van der Waals surface area contributed by atoms with Gasteiger partial charge < -0.3 is 15.4 Å². The van der Waals surface area contributed by atoms with Crippen LogP contribution in [0.1, 0.15) is 46.0 Å². The summed E-state index contributed by atoms with van der Waals surface area (Å²) < 4.78 is 6.71. The molecule has 0 saturated heterocycles. The predicted molar refractivity (Wildman–Crippen MR) is 99.9 cm³/mol. The molecule has 0 fully saturated rings. The van der Waals surface area contributed by atoms with E-state index in [0.717, 1.165) is 23.2 Å². The number of halogens is 1. The van der Waals surface area contributed by atoms with Gasteiger partial charge in [0.05, 0.1) is 0 Å². The molecule has 23 heavy (non-hydrogen) atoms. The fourth-order valence-electron chi connectivity index (χ4n) is 2.23. The van der Waals surface area contributed by atoms with E-state index in [1.165, 1.54) is 25.7 Å². The Kier molecular flexibility index (Phi) is 10.7. The van der Waals surface area contributed by atoms with Crippen molar-refractivity contribution < 1.29 is 9.53 Å². The summed E-state index contributed by atoms with van der Waals surface area (Å²) in [6.45, 7) is 6.59. The Morgan fingerprint density at radius 1 is 1.22 bits per heavy atom. The molecular formula is C18H29BrN2O2. The topological polar surface area (TPSA) is 50.4 Å². The zero-order valence-corrected chi connectivity index (χ0v) is 15.8. The average Bonchev–Trinajstić information content (AvgIpc) is 2.55. The Bertz CT molecular complexity index is 437. The highest BCUT2D eigenvalue weighted by Crippen LogP contribution is 2.14. The maximum Gasteiger partial charge on any atom is 0.319 e. The van der Waals surface area contributed by atoms with E-state index >= 15 is 0 Å². The average molecular weight is 385 g/mol. The van der Waals surface area contributed by atoms with E-state index in [-0.39, 0.29) is 6.03 Å². The molecule has 5 heteroatoms. The molecule has 1 aromatic carbocycles. The number of carbonyl (C=O) groups is 1. The van der Waals surface area contributed by atoms with Crippen molar-refractivity contribution in [3.8, 4) is 0 Å². The Morgan fingerprint density at radius 3 is 2.61 bits per heavy atom. The molecule has 2 N–H and O–H groups in total. The number of hydrogen-bond donors (Lipinski definition) is 2. The van der Waals surface area contributed by atoms with Gasteiger partial charge >= 0.3 is 6.03 Å². The SMILES string of the molecule is CCCCC(CC)COCCCNC(=O)Nc1ccc(Br)cc1. The fraction of sp³-hybridized carbons (Fsp3) is 0.611. The Morgan fingerprint density at radius 2 is 1.96 bits per heavy atom. The van der Waals surface area contributed by atoms with Gasteiger partial charge in [0.2, 0.25) is 0 Å². The van der Waals surface area contributed by atoms with Crippen molar-refractivity contribution in [3.05, 3.63) is 28.7 Å². The Labute approximate surface area is 148 Å².